The predicted molar refractivity (Wildman–Crippen MR) is 87.9 cm³/mol. The van der Waals surface area contributed by atoms with Gasteiger partial charge < -0.3 is 14.1 Å². The Kier molecular flexibility index (Phi) is 5.50. The first-order valence-electron chi connectivity index (χ1n) is 7.71. The van der Waals surface area contributed by atoms with Crippen LogP contribution in [0.25, 0.3) is 0 Å². The summed E-state index contributed by atoms with van der Waals surface area (Å²) in [5.41, 5.74) is -0.461. The number of piperazine rings is 1. The molecule has 1 aliphatic rings. The van der Waals surface area contributed by atoms with Gasteiger partial charge in [0.25, 0.3) is 0 Å². The van der Waals surface area contributed by atoms with Gasteiger partial charge in [-0.05, 0) is 38.9 Å². The van der Waals surface area contributed by atoms with Crippen LogP contribution in [-0.2, 0) is 9.16 Å². The number of carbonyl (C=O) groups is 1. The molecule has 0 bridgehead atoms. The summed E-state index contributed by atoms with van der Waals surface area (Å²) in [7, 11) is -1.84. The van der Waals surface area contributed by atoms with E-state index in [4.69, 9.17) is 9.16 Å². The van der Waals surface area contributed by atoms with Gasteiger partial charge in [-0.2, -0.15) is 0 Å². The van der Waals surface area contributed by atoms with Gasteiger partial charge in [0.1, 0.15) is 11.8 Å². The van der Waals surface area contributed by atoms with Crippen molar-refractivity contribution < 1.29 is 14.0 Å². The molecule has 0 radical (unpaired) electrons. The van der Waals surface area contributed by atoms with Crippen molar-refractivity contribution in [1.29, 1.82) is 0 Å². The molecule has 5 nitrogen and oxygen atoms in total. The largest absolute Gasteiger partial charge is 0.444 e. The third-order valence-electron chi connectivity index (χ3n) is 4.03. The van der Waals surface area contributed by atoms with Crippen molar-refractivity contribution in [2.75, 3.05) is 19.6 Å². The molecule has 6 heteroatoms. The summed E-state index contributed by atoms with van der Waals surface area (Å²) >= 11 is 0. The Labute approximate surface area is 130 Å². The summed E-state index contributed by atoms with van der Waals surface area (Å²) in [5.74, 6) is 0. The molecule has 1 amide bonds. The van der Waals surface area contributed by atoms with Crippen LogP contribution in [0.2, 0.25) is 18.1 Å². The molecular formula is C15H32N2O3Si. The van der Waals surface area contributed by atoms with Crippen LogP contribution in [0.5, 0.6) is 0 Å². The fourth-order valence-corrected chi connectivity index (χ4v) is 3.04. The van der Waals surface area contributed by atoms with Crippen LogP contribution in [0.15, 0.2) is 0 Å². The molecule has 0 spiro atoms. The molecule has 0 unspecified atom stereocenters. The Morgan fingerprint density at radius 2 is 1.76 bits per heavy atom. The van der Waals surface area contributed by atoms with Crippen LogP contribution in [0, 0.1) is 0 Å². The molecule has 1 atom stereocenters. The molecule has 1 fully saturated rings. The van der Waals surface area contributed by atoms with Crippen LogP contribution in [-0.4, -0.2) is 50.8 Å². The van der Waals surface area contributed by atoms with Gasteiger partial charge in [-0.1, -0.05) is 20.8 Å². The molecule has 1 saturated heterocycles. The minimum Gasteiger partial charge on any atom is -0.444 e. The van der Waals surface area contributed by atoms with Gasteiger partial charge >= 0.3 is 6.09 Å². The average Bonchev–Trinajstić information content (AvgIpc) is 2.24. The SMILES string of the molecule is CC(C)(C)OC(=O)N1CCN[C@@H](O[Si](C)(C)C(C)(C)C)C1. The van der Waals surface area contributed by atoms with E-state index in [0.29, 0.717) is 13.1 Å². The maximum Gasteiger partial charge on any atom is 0.410 e. The highest BCUT2D eigenvalue weighted by Crippen LogP contribution is 2.37. The van der Waals surface area contributed by atoms with E-state index in [-0.39, 0.29) is 17.4 Å². The number of hydrogen-bond acceptors (Lipinski definition) is 4. The maximum atomic E-state index is 12.2. The first-order chi connectivity index (χ1) is 9.32. The summed E-state index contributed by atoms with van der Waals surface area (Å²) in [5, 5.41) is 3.51. The number of amides is 1. The molecule has 0 aliphatic carbocycles. The monoisotopic (exact) mass is 316 g/mol. The number of carbonyl (C=O) groups excluding carboxylic acids is 1. The van der Waals surface area contributed by atoms with Crippen molar-refractivity contribution in [3.63, 3.8) is 0 Å². The molecular weight excluding hydrogens is 284 g/mol. The molecule has 0 aromatic carbocycles. The van der Waals surface area contributed by atoms with E-state index >= 15 is 0 Å². The topological polar surface area (TPSA) is 50.8 Å². The molecule has 124 valence electrons. The number of rotatable bonds is 2. The summed E-state index contributed by atoms with van der Waals surface area (Å²) in [6.07, 6.45) is -0.361. The summed E-state index contributed by atoms with van der Waals surface area (Å²) < 4.78 is 11.8. The van der Waals surface area contributed by atoms with Gasteiger partial charge in [0, 0.05) is 13.1 Å². The average molecular weight is 317 g/mol. The highest BCUT2D eigenvalue weighted by Gasteiger charge is 2.40. The second-order valence-corrected chi connectivity index (χ2v) is 13.0. The number of hydrogen-bond donors (Lipinski definition) is 1. The fourth-order valence-electron chi connectivity index (χ4n) is 1.82. The van der Waals surface area contributed by atoms with E-state index in [9.17, 15) is 4.79 Å². The number of nitrogens with zero attached hydrogens (tertiary/aromatic N) is 1. The molecule has 21 heavy (non-hydrogen) atoms. The highest BCUT2D eigenvalue weighted by atomic mass is 28.4. The summed E-state index contributed by atoms with van der Waals surface area (Å²) in [6, 6.07) is 0. The molecule has 1 aliphatic heterocycles. The quantitative estimate of drug-likeness (QED) is 0.795. The van der Waals surface area contributed by atoms with E-state index in [2.05, 4.69) is 39.2 Å². The van der Waals surface area contributed by atoms with Crippen LogP contribution >= 0.6 is 0 Å². The third kappa shape index (κ3) is 5.60. The second-order valence-electron chi connectivity index (χ2n) is 8.25. The minimum absolute atomic E-state index is 0.104. The van der Waals surface area contributed by atoms with Crippen molar-refractivity contribution >= 4 is 14.4 Å². The molecule has 0 saturated carbocycles. The van der Waals surface area contributed by atoms with E-state index in [1.54, 1.807) is 4.90 Å². The van der Waals surface area contributed by atoms with Crippen molar-refractivity contribution in [3.8, 4) is 0 Å². The third-order valence-corrected chi connectivity index (χ3v) is 8.52. The lowest BCUT2D eigenvalue weighted by molar-refractivity contribution is 0.00251. The van der Waals surface area contributed by atoms with Crippen LogP contribution in [0.4, 0.5) is 4.79 Å². The van der Waals surface area contributed by atoms with E-state index in [0.717, 1.165) is 6.54 Å². The molecule has 1 N–H and O–H groups in total. The van der Waals surface area contributed by atoms with E-state index in [1.165, 1.54) is 0 Å². The van der Waals surface area contributed by atoms with Gasteiger partial charge in [-0.25, -0.2) is 4.79 Å². The second kappa shape index (κ2) is 6.26. The lowest BCUT2D eigenvalue weighted by Gasteiger charge is -2.42. The van der Waals surface area contributed by atoms with Gasteiger partial charge in [0.2, 0.25) is 0 Å². The molecule has 1 rings (SSSR count). The first-order valence-corrected chi connectivity index (χ1v) is 10.6. The van der Waals surface area contributed by atoms with Gasteiger partial charge in [-0.3, -0.25) is 5.32 Å². The Morgan fingerprint density at radius 3 is 2.24 bits per heavy atom. The summed E-state index contributed by atoms with van der Waals surface area (Å²) in [6.45, 7) is 18.7. The van der Waals surface area contributed by atoms with Crippen LogP contribution in [0.1, 0.15) is 41.5 Å². The van der Waals surface area contributed by atoms with E-state index < -0.39 is 13.9 Å². The zero-order chi connectivity index (χ0) is 16.5. The molecule has 0 aromatic rings. The minimum atomic E-state index is -1.84. The summed E-state index contributed by atoms with van der Waals surface area (Å²) in [4.78, 5) is 13.9. The Morgan fingerprint density at radius 1 is 1.19 bits per heavy atom. The standard InChI is InChI=1S/C15H32N2O3Si/c1-14(2,3)19-13(18)17-10-9-16-12(11-17)20-21(7,8)15(4,5)6/h12,16H,9-11H2,1-8H3/t12-/m0/s1. The smallest absolute Gasteiger partial charge is 0.410 e. The normalized spacial score (nSPS) is 21.3. The zero-order valence-electron chi connectivity index (χ0n) is 14.9. The predicted octanol–water partition coefficient (Wildman–Crippen LogP) is 3.17. The number of ether oxygens (including phenoxy) is 1. The first kappa shape index (κ1) is 18.5. The Bertz CT molecular complexity index is 372. The lowest BCUT2D eigenvalue weighted by atomic mass is 10.2. The van der Waals surface area contributed by atoms with Gasteiger partial charge in [-0.15, -0.1) is 0 Å². The van der Waals surface area contributed by atoms with Crippen LogP contribution < -0.4 is 5.32 Å². The lowest BCUT2D eigenvalue weighted by Crippen LogP contribution is -2.58. The fraction of sp³-hybridized carbons (Fsp3) is 0.933. The van der Waals surface area contributed by atoms with Gasteiger partial charge in [0.15, 0.2) is 8.32 Å². The molecule has 0 aromatic heterocycles. The van der Waals surface area contributed by atoms with Crippen molar-refractivity contribution in [3.05, 3.63) is 0 Å². The van der Waals surface area contributed by atoms with Crippen molar-refractivity contribution in [2.24, 2.45) is 0 Å². The Balaban J connectivity index is 2.63. The van der Waals surface area contributed by atoms with E-state index in [1.807, 2.05) is 20.8 Å². The molecule has 1 heterocycles. The maximum absolute atomic E-state index is 12.2. The van der Waals surface area contributed by atoms with Crippen LogP contribution in [0.3, 0.4) is 0 Å². The van der Waals surface area contributed by atoms with Crippen molar-refractivity contribution in [1.82, 2.24) is 10.2 Å². The highest BCUT2D eigenvalue weighted by molar-refractivity contribution is 6.74. The zero-order valence-corrected chi connectivity index (χ0v) is 15.9. The number of nitrogens with one attached hydrogen (secondary N) is 1. The van der Waals surface area contributed by atoms with Crippen molar-refractivity contribution in [2.45, 2.75) is 71.5 Å². The van der Waals surface area contributed by atoms with Gasteiger partial charge in [0.05, 0.1) is 6.54 Å². The Hall–Kier alpha value is -0.593.